The Bertz CT molecular complexity index is 894. The molecule has 4 saturated carbocycles. The van der Waals surface area contributed by atoms with Crippen LogP contribution >= 0.6 is 0 Å². The number of nitrogens with zero attached hydrogens (tertiary/aromatic N) is 6. The average Bonchev–Trinajstić information content (AvgIpc) is 3.29. The first-order chi connectivity index (χ1) is 14.7. The molecule has 0 spiro atoms. The number of nitrogens with one attached hydrogen (secondary N) is 1. The predicted octanol–water partition coefficient (Wildman–Crippen LogP) is 2.63. The molecular formula is C22H31N7O. The third kappa shape index (κ3) is 3.07. The molecule has 1 saturated heterocycles. The maximum atomic E-state index is 5.52. The van der Waals surface area contributed by atoms with E-state index in [2.05, 4.69) is 38.0 Å². The summed E-state index contributed by atoms with van der Waals surface area (Å²) < 4.78 is 7.68. The van der Waals surface area contributed by atoms with Gasteiger partial charge >= 0.3 is 0 Å². The third-order valence-corrected chi connectivity index (χ3v) is 7.75. The molecule has 30 heavy (non-hydrogen) atoms. The van der Waals surface area contributed by atoms with Crippen molar-refractivity contribution >= 4 is 11.8 Å². The molecule has 8 nitrogen and oxygen atoms in total. The van der Waals surface area contributed by atoms with Gasteiger partial charge in [0.15, 0.2) is 0 Å². The Balaban J connectivity index is 1.32. The maximum Gasteiger partial charge on any atom is 0.227 e. The van der Waals surface area contributed by atoms with Gasteiger partial charge in [0.1, 0.15) is 18.5 Å². The largest absolute Gasteiger partial charge is 0.378 e. The topological polar surface area (TPSA) is 81.0 Å². The highest BCUT2D eigenvalue weighted by atomic mass is 16.5. The van der Waals surface area contributed by atoms with E-state index in [-0.39, 0.29) is 11.1 Å². The second-order valence-corrected chi connectivity index (χ2v) is 9.93. The monoisotopic (exact) mass is 409 g/mol. The second kappa shape index (κ2) is 6.90. The van der Waals surface area contributed by atoms with E-state index in [1.807, 2.05) is 6.33 Å². The lowest BCUT2D eigenvalue weighted by Gasteiger charge is -2.62. The van der Waals surface area contributed by atoms with Gasteiger partial charge in [-0.05, 0) is 56.8 Å². The Morgan fingerprint density at radius 2 is 1.93 bits per heavy atom. The lowest BCUT2D eigenvalue weighted by atomic mass is 9.50. The molecule has 2 atom stereocenters. The van der Waals surface area contributed by atoms with Crippen LogP contribution < -0.4 is 10.2 Å². The van der Waals surface area contributed by atoms with Crippen LogP contribution in [-0.2, 0) is 16.7 Å². The van der Waals surface area contributed by atoms with Crippen LogP contribution in [0.1, 0.15) is 51.1 Å². The molecule has 5 aliphatic rings. The van der Waals surface area contributed by atoms with Gasteiger partial charge in [-0.15, -0.1) is 0 Å². The maximum absolute atomic E-state index is 5.52. The second-order valence-electron chi connectivity index (χ2n) is 9.93. The quantitative estimate of drug-likeness (QED) is 0.813. The molecule has 2 aromatic rings. The van der Waals surface area contributed by atoms with Crippen molar-refractivity contribution in [2.24, 2.45) is 11.8 Å². The Morgan fingerprint density at radius 1 is 1.13 bits per heavy atom. The summed E-state index contributed by atoms with van der Waals surface area (Å²) in [5, 5.41) is 8.54. The summed E-state index contributed by atoms with van der Waals surface area (Å²) in [6, 6.07) is 2.16. The zero-order chi connectivity index (χ0) is 20.2. The standard InChI is InChI=1S/C22H31N7O/c1-2-18-8-19(26-20(25-18)28-3-5-30-6-4-28)27-21-9-16-7-17(10-21)12-22(11-16,13-21)29-15-23-14-24-29/h8,14-17H,2-7,9-13H2,1H3,(H,25,26,27). The smallest absolute Gasteiger partial charge is 0.227 e. The van der Waals surface area contributed by atoms with Crippen LogP contribution in [0.15, 0.2) is 18.7 Å². The summed E-state index contributed by atoms with van der Waals surface area (Å²) >= 11 is 0. The Labute approximate surface area is 177 Å². The van der Waals surface area contributed by atoms with Crippen LogP contribution in [0.5, 0.6) is 0 Å². The van der Waals surface area contributed by atoms with Gasteiger partial charge in [-0.1, -0.05) is 6.92 Å². The molecule has 160 valence electrons. The van der Waals surface area contributed by atoms with Gasteiger partial charge in [-0.25, -0.2) is 14.6 Å². The van der Waals surface area contributed by atoms with E-state index in [1.165, 1.54) is 32.1 Å². The first kappa shape index (κ1) is 18.5. The number of anilines is 2. The molecule has 8 heteroatoms. The minimum absolute atomic E-state index is 0.0949. The van der Waals surface area contributed by atoms with Gasteiger partial charge in [-0.3, -0.25) is 0 Å². The van der Waals surface area contributed by atoms with Crippen molar-refractivity contribution in [1.82, 2.24) is 24.7 Å². The molecule has 5 fully saturated rings. The summed E-state index contributed by atoms with van der Waals surface area (Å²) in [4.78, 5) is 16.3. The van der Waals surface area contributed by atoms with Crippen LogP contribution in [0.4, 0.5) is 11.8 Å². The first-order valence-corrected chi connectivity index (χ1v) is 11.5. The zero-order valence-electron chi connectivity index (χ0n) is 17.8. The number of ether oxygens (including phenoxy) is 1. The third-order valence-electron chi connectivity index (χ3n) is 7.75. The number of hydrogen-bond acceptors (Lipinski definition) is 7. The van der Waals surface area contributed by atoms with Crippen LogP contribution in [0.3, 0.4) is 0 Å². The van der Waals surface area contributed by atoms with Gasteiger partial charge in [0.2, 0.25) is 5.95 Å². The van der Waals surface area contributed by atoms with Crippen molar-refractivity contribution in [1.29, 1.82) is 0 Å². The molecule has 7 rings (SSSR count). The summed E-state index contributed by atoms with van der Waals surface area (Å²) in [7, 11) is 0. The van der Waals surface area contributed by atoms with Crippen molar-refractivity contribution in [3.05, 3.63) is 24.4 Å². The fourth-order valence-corrected chi connectivity index (χ4v) is 6.99. The Hall–Kier alpha value is -2.22. The van der Waals surface area contributed by atoms with Gasteiger partial charge in [0, 0.05) is 30.4 Å². The Morgan fingerprint density at radius 3 is 2.63 bits per heavy atom. The normalized spacial score (nSPS) is 35.0. The molecule has 4 aliphatic carbocycles. The van der Waals surface area contributed by atoms with E-state index >= 15 is 0 Å². The van der Waals surface area contributed by atoms with Crippen LogP contribution in [0.2, 0.25) is 0 Å². The summed E-state index contributed by atoms with van der Waals surface area (Å²) in [5.74, 6) is 3.35. The van der Waals surface area contributed by atoms with Gasteiger partial charge in [-0.2, -0.15) is 10.1 Å². The molecule has 0 amide bonds. The van der Waals surface area contributed by atoms with E-state index in [4.69, 9.17) is 14.7 Å². The fourth-order valence-electron chi connectivity index (χ4n) is 6.99. The summed E-state index contributed by atoms with van der Waals surface area (Å²) in [6.45, 7) is 5.38. The zero-order valence-corrected chi connectivity index (χ0v) is 17.8. The highest BCUT2D eigenvalue weighted by Gasteiger charge is 2.59. The number of morpholine rings is 1. The number of aryl methyl sites for hydroxylation is 1. The van der Waals surface area contributed by atoms with Crippen molar-refractivity contribution in [3.63, 3.8) is 0 Å². The van der Waals surface area contributed by atoms with Crippen molar-refractivity contribution in [2.45, 2.75) is 62.9 Å². The predicted molar refractivity (Wildman–Crippen MR) is 113 cm³/mol. The minimum Gasteiger partial charge on any atom is -0.378 e. The lowest BCUT2D eigenvalue weighted by Crippen LogP contribution is -2.62. The van der Waals surface area contributed by atoms with Gasteiger partial charge < -0.3 is 15.0 Å². The van der Waals surface area contributed by atoms with Crippen molar-refractivity contribution in [3.8, 4) is 0 Å². The van der Waals surface area contributed by atoms with Crippen LogP contribution in [0.25, 0.3) is 0 Å². The number of rotatable bonds is 5. The molecule has 1 aliphatic heterocycles. The fraction of sp³-hybridized carbons (Fsp3) is 0.727. The van der Waals surface area contributed by atoms with E-state index in [9.17, 15) is 0 Å². The number of hydrogen-bond donors (Lipinski definition) is 1. The van der Waals surface area contributed by atoms with E-state index in [0.29, 0.717) is 0 Å². The van der Waals surface area contributed by atoms with Crippen molar-refractivity contribution < 1.29 is 4.74 Å². The highest BCUT2D eigenvalue weighted by molar-refractivity contribution is 5.47. The molecule has 3 heterocycles. The molecule has 1 N–H and O–H groups in total. The minimum atomic E-state index is 0.0949. The van der Waals surface area contributed by atoms with E-state index in [0.717, 1.165) is 68.4 Å². The SMILES string of the molecule is CCc1cc(NC23CC4CC(C2)CC(n2cncn2)(C4)C3)nc(N2CCOCC2)n1. The van der Waals surface area contributed by atoms with Crippen LogP contribution in [-0.4, -0.2) is 56.6 Å². The molecule has 2 unspecified atom stereocenters. The van der Waals surface area contributed by atoms with Crippen molar-refractivity contribution in [2.75, 3.05) is 36.5 Å². The first-order valence-electron chi connectivity index (χ1n) is 11.5. The molecule has 2 aromatic heterocycles. The summed E-state index contributed by atoms with van der Waals surface area (Å²) in [6.07, 6.45) is 11.9. The summed E-state index contributed by atoms with van der Waals surface area (Å²) in [5.41, 5.74) is 1.31. The molecular weight excluding hydrogens is 378 g/mol. The van der Waals surface area contributed by atoms with Gasteiger partial charge in [0.05, 0.1) is 18.8 Å². The molecule has 0 radical (unpaired) electrons. The molecule has 0 aromatic carbocycles. The highest BCUT2D eigenvalue weighted by Crippen LogP contribution is 2.61. The lowest BCUT2D eigenvalue weighted by molar-refractivity contribution is -0.0558. The number of aromatic nitrogens is 5. The van der Waals surface area contributed by atoms with Crippen LogP contribution in [0, 0.1) is 11.8 Å². The Kier molecular flexibility index (Phi) is 4.27. The molecule has 4 bridgehead atoms. The van der Waals surface area contributed by atoms with E-state index < -0.39 is 0 Å². The van der Waals surface area contributed by atoms with E-state index in [1.54, 1.807) is 6.33 Å². The van der Waals surface area contributed by atoms with Gasteiger partial charge in [0.25, 0.3) is 0 Å². The average molecular weight is 410 g/mol.